The highest BCUT2D eigenvalue weighted by molar-refractivity contribution is 5.69. The summed E-state index contributed by atoms with van der Waals surface area (Å²) in [5, 5.41) is 10.2. The van der Waals surface area contributed by atoms with E-state index in [2.05, 4.69) is 0 Å². The molecule has 2 atom stereocenters. The van der Waals surface area contributed by atoms with Crippen LogP contribution in [0.1, 0.15) is 46.3 Å². The van der Waals surface area contributed by atoms with Crippen molar-refractivity contribution in [1.82, 2.24) is 9.55 Å². The van der Waals surface area contributed by atoms with Crippen molar-refractivity contribution in [3.63, 3.8) is 0 Å². The lowest BCUT2D eigenvalue weighted by Gasteiger charge is -2.32. The average Bonchev–Trinajstić information content (AvgIpc) is 2.52. The van der Waals surface area contributed by atoms with Crippen LogP contribution in [0, 0.1) is 0 Å². The van der Waals surface area contributed by atoms with Crippen LogP contribution in [-0.4, -0.2) is 45.6 Å². The zero-order valence-electron chi connectivity index (χ0n) is 14.7. The molecule has 0 aliphatic heterocycles. The van der Waals surface area contributed by atoms with E-state index < -0.39 is 41.8 Å². The van der Waals surface area contributed by atoms with Crippen molar-refractivity contribution in [1.29, 1.82) is 0 Å². The Morgan fingerprint density at radius 2 is 2.12 bits per heavy atom. The third-order valence-corrected chi connectivity index (χ3v) is 3.53. The Kier molecular flexibility index (Phi) is 7.98. The van der Waals surface area contributed by atoms with E-state index in [9.17, 15) is 23.9 Å². The highest BCUT2D eigenvalue weighted by Gasteiger charge is 2.32. The number of aromatic nitrogens is 2. The minimum atomic E-state index is -1.45. The fraction of sp³-hybridized carbons (Fsp3) is 0.688. The molecule has 0 aliphatic carbocycles. The van der Waals surface area contributed by atoms with Gasteiger partial charge in [0.1, 0.15) is 19.4 Å². The first kappa shape index (κ1) is 21.0. The molecule has 0 fully saturated rings. The van der Waals surface area contributed by atoms with E-state index in [1.54, 1.807) is 0 Å². The molecule has 0 saturated heterocycles. The molecule has 0 spiro atoms. The minimum Gasteiger partial charge on any atom is -0.463 e. The monoisotopic (exact) mass is 360 g/mol. The number of alkyl halides is 1. The molecule has 2 N–H and O–H groups in total. The Bertz CT molecular complexity index is 664. The van der Waals surface area contributed by atoms with Crippen molar-refractivity contribution in [2.24, 2.45) is 0 Å². The number of hydrogen-bond acceptors (Lipinski definition) is 6. The molecule has 8 nitrogen and oxygen atoms in total. The molecule has 1 rings (SSSR count). The first-order chi connectivity index (χ1) is 11.7. The van der Waals surface area contributed by atoms with Gasteiger partial charge in [-0.3, -0.25) is 19.1 Å². The lowest BCUT2D eigenvalue weighted by atomic mass is 10.0. The van der Waals surface area contributed by atoms with Crippen molar-refractivity contribution in [2.45, 2.75) is 58.0 Å². The largest absolute Gasteiger partial charge is 0.463 e. The predicted molar refractivity (Wildman–Crippen MR) is 88.0 cm³/mol. The van der Waals surface area contributed by atoms with Crippen molar-refractivity contribution in [2.75, 3.05) is 13.3 Å². The van der Waals surface area contributed by atoms with Gasteiger partial charge in [-0.25, -0.2) is 9.18 Å². The summed E-state index contributed by atoms with van der Waals surface area (Å²) in [4.78, 5) is 36.5. The standard InChI is InChI=1S/C16H25FN2O6/c1-4-5-6-14(21)24-10-11(16(2,3)23)25-13(9-17)19-8-7-12(20)18-15(19)22/h7-8,11,13,23H,4-6,9-10H2,1-3H3,(H,18,20,22)/t11-,13?/m1/s1. The predicted octanol–water partition coefficient (Wildman–Crippen LogP) is 0.894. The zero-order valence-corrected chi connectivity index (χ0v) is 14.7. The van der Waals surface area contributed by atoms with Crippen molar-refractivity contribution < 1.29 is 23.8 Å². The summed E-state index contributed by atoms with van der Waals surface area (Å²) in [6.45, 7) is 3.40. The van der Waals surface area contributed by atoms with Gasteiger partial charge in [0.2, 0.25) is 0 Å². The summed E-state index contributed by atoms with van der Waals surface area (Å²) < 4.78 is 24.8. The molecule has 0 saturated carbocycles. The number of aromatic amines is 1. The number of nitrogens with one attached hydrogen (secondary N) is 1. The Labute approximate surface area is 144 Å². The Morgan fingerprint density at radius 3 is 2.64 bits per heavy atom. The van der Waals surface area contributed by atoms with E-state index in [0.29, 0.717) is 6.42 Å². The van der Waals surface area contributed by atoms with Crippen LogP contribution in [0.3, 0.4) is 0 Å². The van der Waals surface area contributed by atoms with Gasteiger partial charge in [-0.1, -0.05) is 13.3 Å². The van der Waals surface area contributed by atoms with E-state index in [4.69, 9.17) is 9.47 Å². The van der Waals surface area contributed by atoms with E-state index in [0.717, 1.165) is 23.3 Å². The van der Waals surface area contributed by atoms with Crippen LogP contribution < -0.4 is 11.2 Å². The lowest BCUT2D eigenvalue weighted by molar-refractivity contribution is -0.177. The van der Waals surface area contributed by atoms with E-state index in [1.807, 2.05) is 11.9 Å². The minimum absolute atomic E-state index is 0.237. The van der Waals surface area contributed by atoms with Crippen LogP contribution in [0.25, 0.3) is 0 Å². The summed E-state index contributed by atoms with van der Waals surface area (Å²) >= 11 is 0. The molecule has 0 amide bonds. The Hall–Kier alpha value is -2.00. The van der Waals surface area contributed by atoms with Gasteiger partial charge in [0, 0.05) is 18.7 Å². The zero-order chi connectivity index (χ0) is 19.0. The van der Waals surface area contributed by atoms with Gasteiger partial charge in [0.05, 0.1) is 5.60 Å². The number of aliphatic hydroxyl groups is 1. The third-order valence-electron chi connectivity index (χ3n) is 3.53. The fourth-order valence-corrected chi connectivity index (χ4v) is 1.99. The Balaban J connectivity index is 2.86. The van der Waals surface area contributed by atoms with Gasteiger partial charge in [-0.15, -0.1) is 0 Å². The summed E-state index contributed by atoms with van der Waals surface area (Å²) in [5.74, 6) is -0.447. The fourth-order valence-electron chi connectivity index (χ4n) is 1.99. The second-order valence-corrected chi connectivity index (χ2v) is 6.19. The SMILES string of the molecule is CCCCC(=O)OC[C@@H](OC(CF)n1ccc(=O)[nH]c1=O)C(C)(C)O. The third kappa shape index (κ3) is 6.79. The number of unbranched alkanes of at least 4 members (excludes halogenated alkanes) is 1. The first-order valence-electron chi connectivity index (χ1n) is 8.10. The van der Waals surface area contributed by atoms with Gasteiger partial charge in [0.25, 0.3) is 5.56 Å². The Morgan fingerprint density at radius 1 is 1.44 bits per heavy atom. The van der Waals surface area contributed by atoms with Gasteiger partial charge in [-0.05, 0) is 20.3 Å². The molecule has 1 aromatic heterocycles. The van der Waals surface area contributed by atoms with Gasteiger partial charge in [0.15, 0.2) is 6.23 Å². The number of H-pyrrole nitrogens is 1. The van der Waals surface area contributed by atoms with Crippen molar-refractivity contribution >= 4 is 5.97 Å². The summed E-state index contributed by atoms with van der Waals surface area (Å²) in [6, 6.07) is 1.05. The molecule has 1 heterocycles. The first-order valence-corrected chi connectivity index (χ1v) is 8.10. The topological polar surface area (TPSA) is 111 Å². The lowest BCUT2D eigenvalue weighted by Crippen LogP contribution is -2.45. The summed E-state index contributed by atoms with van der Waals surface area (Å²) in [7, 11) is 0. The second kappa shape index (κ2) is 9.47. The number of ether oxygens (including phenoxy) is 2. The molecule has 1 aromatic rings. The molecular weight excluding hydrogens is 335 g/mol. The van der Waals surface area contributed by atoms with Crippen LogP contribution in [-0.2, 0) is 14.3 Å². The number of halogens is 1. The average molecular weight is 360 g/mol. The molecule has 9 heteroatoms. The molecule has 0 aromatic carbocycles. The van der Waals surface area contributed by atoms with Crippen LogP contribution in [0.2, 0.25) is 0 Å². The van der Waals surface area contributed by atoms with Crippen molar-refractivity contribution in [3.05, 3.63) is 33.1 Å². The number of hydrogen-bond donors (Lipinski definition) is 2. The molecule has 0 radical (unpaired) electrons. The number of carbonyl (C=O) groups is 1. The normalized spacial score (nSPS) is 14.1. The summed E-state index contributed by atoms with van der Waals surface area (Å²) in [6.07, 6.45) is 0.390. The van der Waals surface area contributed by atoms with E-state index >= 15 is 0 Å². The smallest absolute Gasteiger partial charge is 0.330 e. The molecule has 0 aliphatic rings. The molecule has 142 valence electrons. The van der Waals surface area contributed by atoms with E-state index in [-0.39, 0.29) is 13.0 Å². The number of carbonyl (C=O) groups excluding carboxylic acids is 1. The summed E-state index contributed by atoms with van der Waals surface area (Å²) in [5.41, 5.74) is -2.92. The molecular formula is C16H25FN2O6. The number of esters is 1. The van der Waals surface area contributed by atoms with Crippen molar-refractivity contribution in [3.8, 4) is 0 Å². The van der Waals surface area contributed by atoms with Crippen LogP contribution in [0.5, 0.6) is 0 Å². The van der Waals surface area contributed by atoms with Crippen LogP contribution in [0.15, 0.2) is 21.9 Å². The highest BCUT2D eigenvalue weighted by Crippen LogP contribution is 2.19. The quantitative estimate of drug-likeness (QED) is 0.600. The van der Waals surface area contributed by atoms with Gasteiger partial charge >= 0.3 is 11.7 Å². The number of nitrogens with zero attached hydrogens (tertiary/aromatic N) is 1. The van der Waals surface area contributed by atoms with E-state index in [1.165, 1.54) is 13.8 Å². The second-order valence-electron chi connectivity index (χ2n) is 6.19. The number of rotatable bonds is 10. The van der Waals surface area contributed by atoms with Gasteiger partial charge in [-0.2, -0.15) is 0 Å². The maximum atomic E-state index is 13.4. The van der Waals surface area contributed by atoms with Crippen LogP contribution >= 0.6 is 0 Å². The maximum Gasteiger partial charge on any atom is 0.330 e. The maximum absolute atomic E-state index is 13.4. The molecule has 1 unspecified atom stereocenters. The highest BCUT2D eigenvalue weighted by atomic mass is 19.1. The van der Waals surface area contributed by atoms with Crippen LogP contribution in [0.4, 0.5) is 4.39 Å². The molecule has 0 bridgehead atoms. The van der Waals surface area contributed by atoms with Gasteiger partial charge < -0.3 is 14.6 Å². The molecule has 25 heavy (non-hydrogen) atoms.